The van der Waals surface area contributed by atoms with E-state index in [0.29, 0.717) is 21.8 Å². The van der Waals surface area contributed by atoms with Crippen molar-refractivity contribution in [1.82, 2.24) is 5.32 Å². The highest BCUT2D eigenvalue weighted by Gasteiger charge is 2.38. The van der Waals surface area contributed by atoms with Gasteiger partial charge >= 0.3 is 12.1 Å². The molecule has 0 spiro atoms. The average molecular weight is 357 g/mol. The molecule has 4 nitrogen and oxygen atoms in total. The van der Waals surface area contributed by atoms with Crippen LogP contribution in [0, 0.1) is 0 Å². The SMILES string of the molecule is O=C(Nc1cccc(CNC(=O)C(F)(F)F)c1)c1ccc(Cl)cc1. The van der Waals surface area contributed by atoms with E-state index in [0.717, 1.165) is 0 Å². The van der Waals surface area contributed by atoms with Crippen LogP contribution in [0.4, 0.5) is 18.9 Å². The zero-order valence-electron chi connectivity index (χ0n) is 12.2. The maximum Gasteiger partial charge on any atom is 0.471 e. The number of carbonyl (C=O) groups excluding carboxylic acids is 2. The summed E-state index contributed by atoms with van der Waals surface area (Å²) in [6.07, 6.45) is -4.93. The van der Waals surface area contributed by atoms with Crippen molar-refractivity contribution < 1.29 is 22.8 Å². The van der Waals surface area contributed by atoms with Crippen molar-refractivity contribution in [3.8, 4) is 0 Å². The molecule has 2 rings (SSSR count). The van der Waals surface area contributed by atoms with Crippen molar-refractivity contribution in [2.24, 2.45) is 0 Å². The fourth-order valence-electron chi connectivity index (χ4n) is 1.85. The van der Waals surface area contributed by atoms with Crippen molar-refractivity contribution in [3.05, 3.63) is 64.7 Å². The van der Waals surface area contributed by atoms with Crippen LogP contribution in [0.2, 0.25) is 5.02 Å². The molecular formula is C16H12ClF3N2O2. The second-order valence-electron chi connectivity index (χ2n) is 4.84. The summed E-state index contributed by atoms with van der Waals surface area (Å²) < 4.78 is 36.4. The normalized spacial score (nSPS) is 11.0. The monoisotopic (exact) mass is 356 g/mol. The number of amides is 2. The summed E-state index contributed by atoms with van der Waals surface area (Å²) in [6, 6.07) is 12.4. The van der Waals surface area contributed by atoms with Gasteiger partial charge in [-0.05, 0) is 42.0 Å². The highest BCUT2D eigenvalue weighted by molar-refractivity contribution is 6.30. The van der Waals surface area contributed by atoms with Gasteiger partial charge in [-0.15, -0.1) is 0 Å². The Morgan fingerprint density at radius 2 is 1.71 bits per heavy atom. The topological polar surface area (TPSA) is 58.2 Å². The van der Waals surface area contributed by atoms with E-state index in [4.69, 9.17) is 11.6 Å². The van der Waals surface area contributed by atoms with Gasteiger partial charge in [-0.25, -0.2) is 0 Å². The van der Waals surface area contributed by atoms with E-state index in [1.165, 1.54) is 12.1 Å². The molecule has 0 fully saturated rings. The molecule has 126 valence electrons. The fraction of sp³-hybridized carbons (Fsp3) is 0.125. The highest BCUT2D eigenvalue weighted by Crippen LogP contribution is 2.16. The molecule has 2 N–H and O–H groups in total. The van der Waals surface area contributed by atoms with E-state index >= 15 is 0 Å². The molecule has 2 aromatic carbocycles. The zero-order chi connectivity index (χ0) is 17.7. The van der Waals surface area contributed by atoms with Crippen molar-refractivity contribution in [2.75, 3.05) is 5.32 Å². The number of anilines is 1. The molecule has 0 saturated heterocycles. The van der Waals surface area contributed by atoms with Crippen molar-refractivity contribution in [3.63, 3.8) is 0 Å². The Morgan fingerprint density at radius 3 is 2.33 bits per heavy atom. The van der Waals surface area contributed by atoms with Crippen LogP contribution in [0.5, 0.6) is 0 Å². The second-order valence-corrected chi connectivity index (χ2v) is 5.28. The van der Waals surface area contributed by atoms with Crippen LogP contribution in [0.25, 0.3) is 0 Å². The van der Waals surface area contributed by atoms with E-state index in [2.05, 4.69) is 5.32 Å². The Hall–Kier alpha value is -2.54. The van der Waals surface area contributed by atoms with Gasteiger partial charge in [0.2, 0.25) is 0 Å². The first-order valence-electron chi connectivity index (χ1n) is 6.76. The standard InChI is InChI=1S/C16H12ClF3N2O2/c17-12-6-4-11(5-7-12)14(23)22-13-3-1-2-10(8-13)9-21-15(24)16(18,19)20/h1-8H,9H2,(H,21,24)(H,22,23). The first-order valence-corrected chi connectivity index (χ1v) is 7.14. The third-order valence-electron chi connectivity index (χ3n) is 3.00. The predicted octanol–water partition coefficient (Wildman–Crippen LogP) is 3.77. The van der Waals surface area contributed by atoms with Crippen LogP contribution in [0.3, 0.4) is 0 Å². The van der Waals surface area contributed by atoms with Crippen LogP contribution in [-0.4, -0.2) is 18.0 Å². The molecule has 2 amide bonds. The molecule has 0 aliphatic carbocycles. The largest absolute Gasteiger partial charge is 0.471 e. The molecule has 2 aromatic rings. The molecule has 0 aliphatic heterocycles. The van der Waals surface area contributed by atoms with E-state index in [1.54, 1.807) is 41.7 Å². The zero-order valence-corrected chi connectivity index (χ0v) is 12.9. The summed E-state index contributed by atoms with van der Waals surface area (Å²) in [5.41, 5.74) is 1.20. The molecule has 0 atom stereocenters. The third-order valence-corrected chi connectivity index (χ3v) is 3.25. The number of rotatable bonds is 4. The summed E-state index contributed by atoms with van der Waals surface area (Å²) in [6.45, 7) is -0.303. The van der Waals surface area contributed by atoms with Gasteiger partial charge in [-0.2, -0.15) is 13.2 Å². The van der Waals surface area contributed by atoms with Crippen molar-refractivity contribution in [1.29, 1.82) is 0 Å². The van der Waals surface area contributed by atoms with E-state index in [-0.39, 0.29) is 12.5 Å². The number of carbonyl (C=O) groups is 2. The summed E-state index contributed by atoms with van der Waals surface area (Å²) in [5.74, 6) is -2.40. The number of alkyl halides is 3. The van der Waals surface area contributed by atoms with Gasteiger partial charge in [0.05, 0.1) is 0 Å². The van der Waals surface area contributed by atoms with Gasteiger partial charge in [0.15, 0.2) is 0 Å². The van der Waals surface area contributed by atoms with Gasteiger partial charge in [0, 0.05) is 22.8 Å². The van der Waals surface area contributed by atoms with Gasteiger partial charge in [-0.3, -0.25) is 9.59 Å². The minimum Gasteiger partial charge on any atom is -0.344 e. The lowest BCUT2D eigenvalue weighted by atomic mass is 10.1. The molecule has 0 saturated carbocycles. The molecule has 8 heteroatoms. The van der Waals surface area contributed by atoms with E-state index < -0.39 is 12.1 Å². The Labute approximate surface area is 140 Å². The van der Waals surface area contributed by atoms with Crippen molar-refractivity contribution >= 4 is 29.1 Å². The molecule has 0 aromatic heterocycles. The van der Waals surface area contributed by atoms with Crippen LogP contribution in [-0.2, 0) is 11.3 Å². The number of nitrogens with one attached hydrogen (secondary N) is 2. The Bertz CT molecular complexity index is 746. The number of hydrogen-bond donors (Lipinski definition) is 2. The number of benzene rings is 2. The van der Waals surface area contributed by atoms with Gasteiger partial charge in [-0.1, -0.05) is 23.7 Å². The lowest BCUT2D eigenvalue weighted by molar-refractivity contribution is -0.173. The molecule has 0 aliphatic rings. The molecule has 0 heterocycles. The average Bonchev–Trinajstić information content (AvgIpc) is 2.52. The second kappa shape index (κ2) is 7.35. The minimum absolute atomic E-state index is 0.303. The van der Waals surface area contributed by atoms with Gasteiger partial charge < -0.3 is 10.6 Å². The smallest absolute Gasteiger partial charge is 0.344 e. The summed E-state index contributed by atoms with van der Waals surface area (Å²) >= 11 is 5.74. The van der Waals surface area contributed by atoms with Crippen LogP contribution < -0.4 is 10.6 Å². The Balaban J connectivity index is 2.01. The molecule has 24 heavy (non-hydrogen) atoms. The van der Waals surface area contributed by atoms with Crippen LogP contribution in [0.1, 0.15) is 15.9 Å². The number of hydrogen-bond acceptors (Lipinski definition) is 2. The summed E-state index contributed by atoms with van der Waals surface area (Å²) in [7, 11) is 0. The van der Waals surface area contributed by atoms with Gasteiger partial charge in [0.25, 0.3) is 5.91 Å². The first-order chi connectivity index (χ1) is 11.3. The highest BCUT2D eigenvalue weighted by atomic mass is 35.5. The predicted molar refractivity (Wildman–Crippen MR) is 83.7 cm³/mol. The molecule has 0 bridgehead atoms. The molecule has 0 radical (unpaired) electrons. The summed E-state index contributed by atoms with van der Waals surface area (Å²) in [4.78, 5) is 22.9. The fourth-order valence-corrected chi connectivity index (χ4v) is 1.97. The Morgan fingerprint density at radius 1 is 1.04 bits per heavy atom. The first kappa shape index (κ1) is 17.8. The third kappa shape index (κ3) is 4.99. The molecular weight excluding hydrogens is 345 g/mol. The van der Waals surface area contributed by atoms with Crippen LogP contribution in [0.15, 0.2) is 48.5 Å². The Kier molecular flexibility index (Phi) is 5.46. The van der Waals surface area contributed by atoms with Crippen LogP contribution >= 0.6 is 11.6 Å². The van der Waals surface area contributed by atoms with E-state index in [9.17, 15) is 22.8 Å². The maximum atomic E-state index is 12.1. The summed E-state index contributed by atoms with van der Waals surface area (Å²) in [5, 5.41) is 4.88. The van der Waals surface area contributed by atoms with E-state index in [1.807, 2.05) is 0 Å². The van der Waals surface area contributed by atoms with Gasteiger partial charge in [0.1, 0.15) is 0 Å². The number of halogens is 4. The minimum atomic E-state index is -4.93. The maximum absolute atomic E-state index is 12.1. The lowest BCUT2D eigenvalue weighted by Crippen LogP contribution is -2.36. The van der Waals surface area contributed by atoms with Crippen molar-refractivity contribution in [2.45, 2.75) is 12.7 Å². The quantitative estimate of drug-likeness (QED) is 0.876. The molecule has 0 unspecified atom stereocenters. The lowest BCUT2D eigenvalue weighted by Gasteiger charge is -2.10.